The van der Waals surface area contributed by atoms with Crippen LogP contribution >= 0.6 is 11.3 Å². The van der Waals surface area contributed by atoms with E-state index in [4.69, 9.17) is 0 Å². The lowest BCUT2D eigenvalue weighted by Crippen LogP contribution is -2.16. The first-order valence-electron chi connectivity index (χ1n) is 20.4. The number of fused-ring (bicyclic) bond motifs is 6. The lowest BCUT2D eigenvalue weighted by molar-refractivity contribution is 0.660. The summed E-state index contributed by atoms with van der Waals surface area (Å²) in [5.74, 6) is 0. The van der Waals surface area contributed by atoms with Crippen LogP contribution in [0.4, 0.5) is 17.1 Å². The lowest BCUT2D eigenvalue weighted by atomic mass is 9.82. The van der Waals surface area contributed by atoms with Gasteiger partial charge < -0.3 is 4.90 Å². The third-order valence-corrected chi connectivity index (χ3v) is 13.4. The molecule has 1 aliphatic rings. The highest BCUT2D eigenvalue weighted by molar-refractivity contribution is 7.26. The maximum atomic E-state index is 2.44. The van der Waals surface area contributed by atoms with Gasteiger partial charge in [-0.25, -0.2) is 0 Å². The van der Waals surface area contributed by atoms with Crippen molar-refractivity contribution in [3.05, 3.63) is 223 Å². The number of hydrogen-bond acceptors (Lipinski definition) is 2. The van der Waals surface area contributed by atoms with E-state index in [2.05, 4.69) is 231 Å². The summed E-state index contributed by atoms with van der Waals surface area (Å²) in [6.07, 6.45) is 0. The second kappa shape index (κ2) is 14.1. The van der Waals surface area contributed by atoms with Crippen LogP contribution in [0, 0.1) is 0 Å². The molecule has 0 spiro atoms. The molecule has 1 aliphatic carbocycles. The standard InChI is InChI=1S/C57H41NS/c1-57(2)51-25-11-9-23-48(51)49-32-31-46(37-52(49)57)58(44-29-27-40(28-30-44)38-15-5-3-6-16-38)45-22-14-20-42(36-45)47-33-34-54-56(50-24-10-12-26-53(50)59-54)55(47)43-21-13-19-41(35-43)39-17-7-4-8-18-39/h3-37H,1-2H3. The zero-order valence-corrected chi connectivity index (χ0v) is 33.9. The Morgan fingerprint density at radius 1 is 0.356 bits per heavy atom. The molecule has 0 saturated heterocycles. The number of hydrogen-bond donors (Lipinski definition) is 0. The van der Waals surface area contributed by atoms with E-state index in [1.807, 2.05) is 11.3 Å². The van der Waals surface area contributed by atoms with Crippen molar-refractivity contribution in [2.75, 3.05) is 4.90 Å². The van der Waals surface area contributed by atoms with Gasteiger partial charge in [0.15, 0.2) is 0 Å². The minimum absolute atomic E-state index is 0.117. The fourth-order valence-electron chi connectivity index (χ4n) is 9.37. The van der Waals surface area contributed by atoms with Crippen molar-refractivity contribution in [2.45, 2.75) is 19.3 Å². The fraction of sp³-hybridized carbons (Fsp3) is 0.0526. The Balaban J connectivity index is 1.11. The van der Waals surface area contributed by atoms with E-state index in [0.29, 0.717) is 0 Å². The summed E-state index contributed by atoms with van der Waals surface area (Å²) in [6.45, 7) is 4.72. The molecule has 1 nitrogen and oxygen atoms in total. The number of rotatable bonds is 7. The zero-order valence-electron chi connectivity index (χ0n) is 33.1. The Morgan fingerprint density at radius 2 is 0.932 bits per heavy atom. The van der Waals surface area contributed by atoms with Gasteiger partial charge in [0.25, 0.3) is 0 Å². The predicted molar refractivity (Wildman–Crippen MR) is 253 cm³/mol. The van der Waals surface area contributed by atoms with Gasteiger partial charge in [-0.15, -0.1) is 11.3 Å². The van der Waals surface area contributed by atoms with Crippen LogP contribution in [-0.2, 0) is 5.41 Å². The predicted octanol–water partition coefficient (Wildman–Crippen LogP) is 16.5. The second-order valence-electron chi connectivity index (χ2n) is 16.1. The first-order chi connectivity index (χ1) is 29.0. The number of benzene rings is 9. The van der Waals surface area contributed by atoms with Crippen LogP contribution in [0.5, 0.6) is 0 Å². The van der Waals surface area contributed by atoms with Crippen molar-refractivity contribution >= 4 is 48.6 Å². The van der Waals surface area contributed by atoms with Crippen LogP contribution in [-0.4, -0.2) is 0 Å². The monoisotopic (exact) mass is 771 g/mol. The van der Waals surface area contributed by atoms with Crippen molar-refractivity contribution in [1.82, 2.24) is 0 Å². The molecule has 0 N–H and O–H groups in total. The van der Waals surface area contributed by atoms with E-state index in [-0.39, 0.29) is 5.41 Å². The van der Waals surface area contributed by atoms with Gasteiger partial charge in [-0.1, -0.05) is 172 Å². The molecule has 0 saturated carbocycles. The summed E-state index contributed by atoms with van der Waals surface area (Å²) in [7, 11) is 0. The number of thiophene rings is 1. The van der Waals surface area contributed by atoms with Gasteiger partial charge in [-0.2, -0.15) is 0 Å². The fourth-order valence-corrected chi connectivity index (χ4v) is 10.5. The first kappa shape index (κ1) is 35.2. The second-order valence-corrected chi connectivity index (χ2v) is 17.2. The molecule has 9 aromatic carbocycles. The Hall–Kier alpha value is -7.00. The molecule has 10 aromatic rings. The molecular weight excluding hydrogens is 731 g/mol. The van der Waals surface area contributed by atoms with Crippen LogP contribution in [0.25, 0.3) is 75.8 Å². The van der Waals surface area contributed by atoms with Crippen LogP contribution in [0.15, 0.2) is 212 Å². The molecule has 0 radical (unpaired) electrons. The molecular formula is C57H41NS. The molecule has 59 heavy (non-hydrogen) atoms. The average Bonchev–Trinajstić information content (AvgIpc) is 3.79. The van der Waals surface area contributed by atoms with E-state index >= 15 is 0 Å². The molecule has 0 unspecified atom stereocenters. The molecule has 280 valence electrons. The minimum atomic E-state index is -0.117. The van der Waals surface area contributed by atoms with Gasteiger partial charge in [-0.3, -0.25) is 0 Å². The molecule has 0 fully saturated rings. The lowest BCUT2D eigenvalue weighted by Gasteiger charge is -2.29. The van der Waals surface area contributed by atoms with E-state index in [1.165, 1.54) is 86.9 Å². The summed E-state index contributed by atoms with van der Waals surface area (Å²) in [5.41, 5.74) is 18.4. The molecule has 11 rings (SSSR count). The Labute approximate surface area is 350 Å². The van der Waals surface area contributed by atoms with Crippen molar-refractivity contribution in [2.24, 2.45) is 0 Å². The van der Waals surface area contributed by atoms with Crippen molar-refractivity contribution in [3.63, 3.8) is 0 Å². The zero-order chi connectivity index (χ0) is 39.5. The van der Waals surface area contributed by atoms with Crippen LogP contribution < -0.4 is 4.90 Å². The summed E-state index contributed by atoms with van der Waals surface area (Å²) >= 11 is 1.87. The minimum Gasteiger partial charge on any atom is -0.310 e. The average molecular weight is 772 g/mol. The molecule has 0 atom stereocenters. The van der Waals surface area contributed by atoms with E-state index in [0.717, 1.165) is 17.1 Å². The highest BCUT2D eigenvalue weighted by Crippen LogP contribution is 2.51. The third kappa shape index (κ3) is 5.99. The van der Waals surface area contributed by atoms with Gasteiger partial charge >= 0.3 is 0 Å². The maximum absolute atomic E-state index is 2.44. The van der Waals surface area contributed by atoms with Crippen molar-refractivity contribution in [1.29, 1.82) is 0 Å². The van der Waals surface area contributed by atoms with Gasteiger partial charge in [-0.05, 0) is 121 Å². The van der Waals surface area contributed by atoms with Crippen LogP contribution in [0.2, 0.25) is 0 Å². The summed E-state index contributed by atoms with van der Waals surface area (Å²) in [5, 5.41) is 2.61. The van der Waals surface area contributed by atoms with Crippen molar-refractivity contribution < 1.29 is 0 Å². The van der Waals surface area contributed by atoms with Gasteiger partial charge in [0.2, 0.25) is 0 Å². The molecule has 0 amide bonds. The Morgan fingerprint density at radius 3 is 1.75 bits per heavy atom. The Bertz CT molecular complexity index is 3170. The van der Waals surface area contributed by atoms with Crippen LogP contribution in [0.3, 0.4) is 0 Å². The molecule has 0 aliphatic heterocycles. The van der Waals surface area contributed by atoms with Gasteiger partial charge in [0, 0.05) is 42.6 Å². The van der Waals surface area contributed by atoms with Crippen molar-refractivity contribution in [3.8, 4) is 55.6 Å². The molecule has 0 bridgehead atoms. The van der Waals surface area contributed by atoms with Crippen LogP contribution in [0.1, 0.15) is 25.0 Å². The number of nitrogens with zero attached hydrogens (tertiary/aromatic N) is 1. The van der Waals surface area contributed by atoms with E-state index in [1.54, 1.807) is 0 Å². The number of anilines is 3. The topological polar surface area (TPSA) is 3.24 Å². The normalized spacial score (nSPS) is 12.7. The van der Waals surface area contributed by atoms with Gasteiger partial charge in [0.1, 0.15) is 0 Å². The largest absolute Gasteiger partial charge is 0.310 e. The molecule has 2 heteroatoms. The highest BCUT2D eigenvalue weighted by Gasteiger charge is 2.35. The Kier molecular flexibility index (Phi) is 8.43. The van der Waals surface area contributed by atoms with E-state index in [9.17, 15) is 0 Å². The SMILES string of the molecule is CC1(C)c2ccccc2-c2ccc(N(c3ccc(-c4ccccc4)cc3)c3cccc(-c4ccc5sc6ccccc6c5c4-c4cccc(-c5ccccc5)c4)c3)cc21. The molecule has 1 heterocycles. The smallest absolute Gasteiger partial charge is 0.0467 e. The quantitative estimate of drug-likeness (QED) is 0.156. The molecule has 1 aromatic heterocycles. The summed E-state index contributed by atoms with van der Waals surface area (Å²) in [4.78, 5) is 2.44. The maximum Gasteiger partial charge on any atom is 0.0467 e. The summed E-state index contributed by atoms with van der Waals surface area (Å²) in [6, 6.07) is 78.1. The van der Waals surface area contributed by atoms with Gasteiger partial charge in [0.05, 0.1) is 0 Å². The first-order valence-corrected chi connectivity index (χ1v) is 21.2. The summed E-state index contributed by atoms with van der Waals surface area (Å²) < 4.78 is 2.61. The van der Waals surface area contributed by atoms with E-state index < -0.39 is 0 Å². The third-order valence-electron chi connectivity index (χ3n) is 12.3. The highest BCUT2D eigenvalue weighted by atomic mass is 32.1.